The van der Waals surface area contributed by atoms with Crippen LogP contribution in [-0.2, 0) is 0 Å². The second kappa shape index (κ2) is 9.41. The highest BCUT2D eigenvalue weighted by atomic mass is 35.5. The van der Waals surface area contributed by atoms with Crippen LogP contribution in [0.15, 0.2) is 53.7 Å². The predicted molar refractivity (Wildman–Crippen MR) is 111 cm³/mol. The van der Waals surface area contributed by atoms with Gasteiger partial charge in [-0.15, -0.1) is 10.2 Å². The van der Waals surface area contributed by atoms with Gasteiger partial charge in [0.05, 0.1) is 12.6 Å². The SMILES string of the molecule is CC(c1nnc(SCCOc2ccccc2F)n1-c1ccc(Cl)cc1)N(C)C. The Morgan fingerprint density at radius 1 is 1.14 bits per heavy atom. The summed E-state index contributed by atoms with van der Waals surface area (Å²) in [6, 6.07) is 14.0. The lowest BCUT2D eigenvalue weighted by Crippen LogP contribution is -2.20. The van der Waals surface area contributed by atoms with Crippen LogP contribution >= 0.6 is 23.4 Å². The second-order valence-corrected chi connectivity index (χ2v) is 7.92. The van der Waals surface area contributed by atoms with E-state index in [1.54, 1.807) is 18.2 Å². The first kappa shape index (κ1) is 20.6. The van der Waals surface area contributed by atoms with Crippen molar-refractivity contribution in [3.63, 3.8) is 0 Å². The molecule has 1 heterocycles. The summed E-state index contributed by atoms with van der Waals surface area (Å²) >= 11 is 7.55. The first-order chi connectivity index (χ1) is 13.5. The van der Waals surface area contributed by atoms with Crippen molar-refractivity contribution < 1.29 is 9.13 Å². The quantitative estimate of drug-likeness (QED) is 0.385. The van der Waals surface area contributed by atoms with Crippen LogP contribution < -0.4 is 4.74 Å². The molecule has 5 nitrogen and oxygen atoms in total. The van der Waals surface area contributed by atoms with Crippen LogP contribution in [0.4, 0.5) is 4.39 Å². The molecule has 3 rings (SSSR count). The van der Waals surface area contributed by atoms with Crippen LogP contribution in [0.1, 0.15) is 18.8 Å². The van der Waals surface area contributed by atoms with Crippen LogP contribution in [-0.4, -0.2) is 46.1 Å². The number of hydrogen-bond donors (Lipinski definition) is 0. The van der Waals surface area contributed by atoms with Crippen LogP contribution in [0.3, 0.4) is 0 Å². The molecule has 0 aliphatic carbocycles. The van der Waals surface area contributed by atoms with Crippen LogP contribution in [0.5, 0.6) is 5.75 Å². The molecular weight excluding hydrogens is 399 g/mol. The summed E-state index contributed by atoms with van der Waals surface area (Å²) in [5.74, 6) is 1.34. The van der Waals surface area contributed by atoms with Crippen LogP contribution in [0.2, 0.25) is 5.02 Å². The van der Waals surface area contributed by atoms with Gasteiger partial charge in [-0.25, -0.2) is 4.39 Å². The zero-order chi connectivity index (χ0) is 20.1. The van der Waals surface area contributed by atoms with Crippen LogP contribution in [0, 0.1) is 5.82 Å². The molecule has 0 aliphatic heterocycles. The minimum Gasteiger partial charge on any atom is -0.490 e. The summed E-state index contributed by atoms with van der Waals surface area (Å²) in [5.41, 5.74) is 0.940. The number of benzene rings is 2. The van der Waals surface area contributed by atoms with Gasteiger partial charge in [0.1, 0.15) is 0 Å². The zero-order valence-electron chi connectivity index (χ0n) is 16.0. The predicted octanol–water partition coefficient (Wildman–Crippen LogP) is 4.85. The Morgan fingerprint density at radius 2 is 1.86 bits per heavy atom. The van der Waals surface area contributed by atoms with E-state index < -0.39 is 0 Å². The van der Waals surface area contributed by atoms with Gasteiger partial charge in [-0.1, -0.05) is 35.5 Å². The van der Waals surface area contributed by atoms with E-state index in [2.05, 4.69) is 22.0 Å². The summed E-state index contributed by atoms with van der Waals surface area (Å²) in [6.45, 7) is 2.43. The fourth-order valence-electron chi connectivity index (χ4n) is 2.56. The highest BCUT2D eigenvalue weighted by Gasteiger charge is 2.21. The number of thioether (sulfide) groups is 1. The van der Waals surface area contributed by atoms with Gasteiger partial charge in [0.25, 0.3) is 0 Å². The lowest BCUT2D eigenvalue weighted by atomic mass is 10.2. The summed E-state index contributed by atoms with van der Waals surface area (Å²) < 4.78 is 21.2. The van der Waals surface area contributed by atoms with E-state index in [0.717, 1.165) is 16.7 Å². The molecule has 1 unspecified atom stereocenters. The van der Waals surface area contributed by atoms with Crippen molar-refractivity contribution in [1.29, 1.82) is 0 Å². The van der Waals surface area contributed by atoms with Gasteiger partial charge in [-0.3, -0.25) is 9.47 Å². The number of ether oxygens (including phenoxy) is 1. The highest BCUT2D eigenvalue weighted by molar-refractivity contribution is 7.99. The second-order valence-electron chi connectivity index (χ2n) is 6.42. The van der Waals surface area contributed by atoms with Crippen molar-refractivity contribution in [2.75, 3.05) is 26.5 Å². The number of hydrogen-bond acceptors (Lipinski definition) is 5. The van der Waals surface area contributed by atoms with E-state index in [4.69, 9.17) is 16.3 Å². The smallest absolute Gasteiger partial charge is 0.196 e. The molecule has 2 aromatic carbocycles. The maximum atomic E-state index is 13.7. The molecule has 0 saturated carbocycles. The highest BCUT2D eigenvalue weighted by Crippen LogP contribution is 2.27. The van der Waals surface area contributed by atoms with Gasteiger partial charge in [0.2, 0.25) is 0 Å². The Bertz CT molecular complexity index is 917. The van der Waals surface area contributed by atoms with Crippen molar-refractivity contribution in [1.82, 2.24) is 19.7 Å². The third-order valence-electron chi connectivity index (χ3n) is 4.30. The molecule has 0 fully saturated rings. The number of para-hydroxylation sites is 1. The average Bonchev–Trinajstić information content (AvgIpc) is 3.10. The van der Waals surface area contributed by atoms with Crippen molar-refractivity contribution in [2.24, 2.45) is 0 Å². The van der Waals surface area contributed by atoms with E-state index >= 15 is 0 Å². The Labute approximate surface area is 173 Å². The molecule has 1 aromatic heterocycles. The van der Waals surface area contributed by atoms with Gasteiger partial charge in [-0.05, 0) is 57.4 Å². The van der Waals surface area contributed by atoms with E-state index in [1.165, 1.54) is 17.8 Å². The van der Waals surface area contributed by atoms with Gasteiger partial charge >= 0.3 is 0 Å². The minimum atomic E-state index is -0.362. The molecule has 0 amide bonds. The molecule has 0 bridgehead atoms. The minimum absolute atomic E-state index is 0.0761. The molecule has 0 spiro atoms. The van der Waals surface area contributed by atoms with Gasteiger partial charge < -0.3 is 4.74 Å². The number of rotatable bonds is 8. The van der Waals surface area contributed by atoms with Crippen molar-refractivity contribution in [3.05, 3.63) is 65.2 Å². The molecule has 1 atom stereocenters. The molecule has 3 aromatic rings. The molecule has 8 heteroatoms. The topological polar surface area (TPSA) is 43.2 Å². The van der Waals surface area contributed by atoms with Gasteiger partial charge in [-0.2, -0.15) is 0 Å². The largest absolute Gasteiger partial charge is 0.490 e. The van der Waals surface area contributed by atoms with E-state index in [-0.39, 0.29) is 17.6 Å². The third-order valence-corrected chi connectivity index (χ3v) is 5.45. The van der Waals surface area contributed by atoms with Crippen LogP contribution in [0.25, 0.3) is 5.69 Å². The summed E-state index contributed by atoms with van der Waals surface area (Å²) in [7, 11) is 4.00. The fourth-order valence-corrected chi connectivity index (χ4v) is 3.46. The Balaban J connectivity index is 1.76. The van der Waals surface area contributed by atoms with Gasteiger partial charge in [0.15, 0.2) is 22.5 Å². The Kier molecular flexibility index (Phi) is 6.93. The van der Waals surface area contributed by atoms with E-state index in [0.29, 0.717) is 17.4 Å². The average molecular weight is 421 g/mol. The monoisotopic (exact) mass is 420 g/mol. The summed E-state index contributed by atoms with van der Waals surface area (Å²) in [6.07, 6.45) is 0. The number of aromatic nitrogens is 3. The molecule has 0 N–H and O–H groups in total. The molecule has 28 heavy (non-hydrogen) atoms. The summed E-state index contributed by atoms with van der Waals surface area (Å²) in [4.78, 5) is 2.08. The molecule has 0 radical (unpaired) electrons. The standard InChI is InChI=1S/C20H22ClFN4OS/c1-14(25(2)3)19-23-24-20(26(19)16-10-8-15(21)9-11-16)28-13-12-27-18-7-5-4-6-17(18)22/h4-11,14H,12-13H2,1-3H3. The zero-order valence-corrected chi connectivity index (χ0v) is 17.5. The Hall–Kier alpha value is -2.09. The molecular formula is C20H22ClFN4OS. The lowest BCUT2D eigenvalue weighted by Gasteiger charge is -2.20. The normalized spacial score (nSPS) is 12.4. The number of halogens is 2. The Morgan fingerprint density at radius 3 is 2.54 bits per heavy atom. The fraction of sp³-hybridized carbons (Fsp3) is 0.300. The molecule has 0 saturated heterocycles. The third kappa shape index (κ3) is 4.84. The molecule has 148 valence electrons. The lowest BCUT2D eigenvalue weighted by molar-refractivity contribution is 0.305. The van der Waals surface area contributed by atoms with E-state index in [9.17, 15) is 4.39 Å². The first-order valence-corrected chi connectivity index (χ1v) is 10.2. The van der Waals surface area contributed by atoms with Crippen molar-refractivity contribution >= 4 is 23.4 Å². The maximum Gasteiger partial charge on any atom is 0.196 e. The van der Waals surface area contributed by atoms with Gasteiger partial charge in [0, 0.05) is 16.5 Å². The first-order valence-electron chi connectivity index (χ1n) is 8.85. The van der Waals surface area contributed by atoms with Crippen molar-refractivity contribution in [3.8, 4) is 11.4 Å². The molecule has 0 aliphatic rings. The summed E-state index contributed by atoms with van der Waals surface area (Å²) in [5, 5.41) is 10.2. The van der Waals surface area contributed by atoms with Crippen molar-refractivity contribution in [2.45, 2.75) is 18.1 Å². The number of nitrogens with zero attached hydrogens (tertiary/aromatic N) is 4. The maximum absolute atomic E-state index is 13.7. The van der Waals surface area contributed by atoms with E-state index in [1.807, 2.05) is 42.9 Å².